The minimum atomic E-state index is -0.760. The van der Waals surface area contributed by atoms with Crippen LogP contribution in [0.25, 0.3) is 0 Å². The summed E-state index contributed by atoms with van der Waals surface area (Å²) in [5.74, 6) is -1.49. The van der Waals surface area contributed by atoms with Crippen molar-refractivity contribution in [3.05, 3.63) is 57.2 Å². The van der Waals surface area contributed by atoms with Gasteiger partial charge in [-0.3, -0.25) is 0 Å². The highest BCUT2D eigenvalue weighted by Crippen LogP contribution is 2.29. The highest BCUT2D eigenvalue weighted by Gasteiger charge is 2.13. The van der Waals surface area contributed by atoms with E-state index in [9.17, 15) is 8.78 Å². The van der Waals surface area contributed by atoms with E-state index in [2.05, 4.69) is 22.6 Å². The van der Waals surface area contributed by atoms with Crippen molar-refractivity contribution in [1.82, 2.24) is 0 Å². The molecular weight excluding hydrogens is 372 g/mol. The Hall–Kier alpha value is -0.880. The first-order chi connectivity index (χ1) is 8.60. The summed E-state index contributed by atoms with van der Waals surface area (Å²) in [6.07, 6.45) is 0. The third-order valence-corrected chi connectivity index (χ3v) is 3.21. The van der Waals surface area contributed by atoms with Crippen LogP contribution in [-0.2, 0) is 5.88 Å². The van der Waals surface area contributed by atoms with Gasteiger partial charge in [0, 0.05) is 9.45 Å². The number of halogens is 4. The van der Waals surface area contributed by atoms with Gasteiger partial charge in [-0.05, 0) is 58.5 Å². The fourth-order valence-electron chi connectivity index (χ4n) is 1.44. The molecule has 0 atom stereocenters. The van der Waals surface area contributed by atoms with E-state index in [1.54, 1.807) is 18.2 Å². The maximum Gasteiger partial charge on any atom is 0.198 e. The summed E-state index contributed by atoms with van der Waals surface area (Å²) in [5, 5.41) is 0. The molecule has 0 saturated heterocycles. The van der Waals surface area contributed by atoms with Crippen molar-refractivity contribution < 1.29 is 13.5 Å². The topological polar surface area (TPSA) is 9.23 Å². The van der Waals surface area contributed by atoms with E-state index >= 15 is 0 Å². The van der Waals surface area contributed by atoms with E-state index in [-0.39, 0.29) is 5.88 Å². The summed E-state index contributed by atoms with van der Waals surface area (Å²) >= 11 is 7.62. The molecule has 0 N–H and O–H groups in total. The first-order valence-corrected chi connectivity index (χ1v) is 6.69. The van der Waals surface area contributed by atoms with E-state index in [0.29, 0.717) is 11.3 Å². The van der Waals surface area contributed by atoms with Gasteiger partial charge in [0.2, 0.25) is 0 Å². The number of alkyl halides is 1. The van der Waals surface area contributed by atoms with Crippen molar-refractivity contribution in [2.75, 3.05) is 0 Å². The molecular formula is C13H8ClF2IO. The Labute approximate surface area is 122 Å². The van der Waals surface area contributed by atoms with Crippen molar-refractivity contribution in [2.45, 2.75) is 5.88 Å². The van der Waals surface area contributed by atoms with Gasteiger partial charge in [0.25, 0.3) is 0 Å². The lowest BCUT2D eigenvalue weighted by molar-refractivity contribution is 0.406. The quantitative estimate of drug-likeness (QED) is 0.532. The van der Waals surface area contributed by atoms with Crippen LogP contribution >= 0.6 is 34.2 Å². The summed E-state index contributed by atoms with van der Waals surface area (Å²) in [7, 11) is 0. The third kappa shape index (κ3) is 3.11. The lowest BCUT2D eigenvalue weighted by Crippen LogP contribution is -1.95. The van der Waals surface area contributed by atoms with Crippen LogP contribution in [0.3, 0.4) is 0 Å². The molecule has 0 spiro atoms. The zero-order valence-electron chi connectivity index (χ0n) is 9.09. The van der Waals surface area contributed by atoms with Crippen LogP contribution in [0.2, 0.25) is 0 Å². The van der Waals surface area contributed by atoms with Gasteiger partial charge >= 0.3 is 0 Å². The molecule has 1 nitrogen and oxygen atoms in total. The Balaban J connectivity index is 2.35. The van der Waals surface area contributed by atoms with Crippen LogP contribution in [-0.4, -0.2) is 0 Å². The van der Waals surface area contributed by atoms with Crippen LogP contribution in [0.4, 0.5) is 8.78 Å². The zero-order chi connectivity index (χ0) is 13.1. The van der Waals surface area contributed by atoms with Crippen molar-refractivity contribution in [3.8, 4) is 11.5 Å². The minimum Gasteiger partial charge on any atom is -0.451 e. The summed E-state index contributed by atoms with van der Waals surface area (Å²) in [6.45, 7) is 0. The normalized spacial score (nSPS) is 10.4. The highest BCUT2D eigenvalue weighted by molar-refractivity contribution is 14.1. The van der Waals surface area contributed by atoms with Gasteiger partial charge in [0.05, 0.1) is 0 Å². The molecule has 0 aliphatic rings. The van der Waals surface area contributed by atoms with Crippen LogP contribution < -0.4 is 4.74 Å². The van der Waals surface area contributed by atoms with E-state index in [1.165, 1.54) is 12.1 Å². The molecule has 18 heavy (non-hydrogen) atoms. The molecule has 2 aromatic carbocycles. The Morgan fingerprint density at radius 3 is 2.33 bits per heavy atom. The molecule has 0 fully saturated rings. The van der Waals surface area contributed by atoms with Crippen LogP contribution in [0, 0.1) is 15.2 Å². The molecule has 0 bridgehead atoms. The highest BCUT2D eigenvalue weighted by atomic mass is 127. The minimum absolute atomic E-state index is 0.0529. The van der Waals surface area contributed by atoms with Crippen molar-refractivity contribution in [2.24, 2.45) is 0 Å². The Bertz CT molecular complexity index is 552. The van der Waals surface area contributed by atoms with Gasteiger partial charge in [-0.25, -0.2) is 8.78 Å². The van der Waals surface area contributed by atoms with Gasteiger partial charge in [0.1, 0.15) is 5.75 Å². The molecule has 5 heteroatoms. The SMILES string of the molecule is Fc1cc(CCl)cc(F)c1Oc1cccc(I)c1. The molecule has 0 aromatic heterocycles. The van der Waals surface area contributed by atoms with Gasteiger partial charge in [-0.15, -0.1) is 11.6 Å². The first kappa shape index (κ1) is 13.5. The second-order valence-corrected chi connectivity index (χ2v) is 5.09. The number of hydrogen-bond donors (Lipinski definition) is 0. The summed E-state index contributed by atoms with van der Waals surface area (Å²) in [4.78, 5) is 0. The third-order valence-electron chi connectivity index (χ3n) is 2.23. The Morgan fingerprint density at radius 2 is 1.78 bits per heavy atom. The summed E-state index contributed by atoms with van der Waals surface area (Å²) in [6, 6.07) is 9.26. The van der Waals surface area contributed by atoms with Crippen molar-refractivity contribution in [1.29, 1.82) is 0 Å². The molecule has 0 unspecified atom stereocenters. The van der Waals surface area contributed by atoms with Crippen LogP contribution in [0.1, 0.15) is 5.56 Å². The second kappa shape index (κ2) is 5.84. The molecule has 94 valence electrons. The fourth-order valence-corrected chi connectivity index (χ4v) is 2.10. The van der Waals surface area contributed by atoms with E-state index in [4.69, 9.17) is 16.3 Å². The Morgan fingerprint density at radius 1 is 1.11 bits per heavy atom. The van der Waals surface area contributed by atoms with Crippen molar-refractivity contribution >= 4 is 34.2 Å². The van der Waals surface area contributed by atoms with Crippen LogP contribution in [0.5, 0.6) is 11.5 Å². The molecule has 0 saturated carbocycles. The second-order valence-electron chi connectivity index (χ2n) is 3.58. The van der Waals surface area contributed by atoms with Gasteiger partial charge in [0.15, 0.2) is 17.4 Å². The predicted molar refractivity (Wildman–Crippen MR) is 75.1 cm³/mol. The molecule has 0 heterocycles. The maximum atomic E-state index is 13.7. The van der Waals surface area contributed by atoms with Gasteiger partial charge in [-0.2, -0.15) is 0 Å². The van der Waals surface area contributed by atoms with Crippen molar-refractivity contribution in [3.63, 3.8) is 0 Å². The lowest BCUT2D eigenvalue weighted by atomic mass is 10.2. The fraction of sp³-hybridized carbons (Fsp3) is 0.0769. The maximum absolute atomic E-state index is 13.7. The average Bonchev–Trinajstić information content (AvgIpc) is 2.33. The Kier molecular flexibility index (Phi) is 4.40. The number of rotatable bonds is 3. The smallest absolute Gasteiger partial charge is 0.198 e. The van der Waals surface area contributed by atoms with Gasteiger partial charge < -0.3 is 4.74 Å². The van der Waals surface area contributed by atoms with Gasteiger partial charge in [-0.1, -0.05) is 6.07 Å². The zero-order valence-corrected chi connectivity index (χ0v) is 12.0. The molecule has 2 aromatic rings. The summed E-state index contributed by atoms with van der Waals surface area (Å²) in [5.41, 5.74) is 0.377. The van der Waals surface area contributed by atoms with E-state index < -0.39 is 17.4 Å². The largest absolute Gasteiger partial charge is 0.451 e. The predicted octanol–water partition coefficient (Wildman–Crippen LogP) is 5.10. The monoisotopic (exact) mass is 380 g/mol. The van der Waals surface area contributed by atoms with Crippen LogP contribution in [0.15, 0.2) is 36.4 Å². The molecule has 0 aliphatic heterocycles. The van der Waals surface area contributed by atoms with E-state index in [0.717, 1.165) is 3.57 Å². The number of benzene rings is 2. The first-order valence-electron chi connectivity index (χ1n) is 5.07. The average molecular weight is 381 g/mol. The molecule has 2 rings (SSSR count). The summed E-state index contributed by atoms with van der Waals surface area (Å²) < 4.78 is 33.5. The lowest BCUT2D eigenvalue weighted by Gasteiger charge is -2.09. The molecule has 0 amide bonds. The number of hydrogen-bond acceptors (Lipinski definition) is 1. The standard InChI is InChI=1S/C13H8ClF2IO/c14-7-8-4-11(15)13(12(16)5-8)18-10-3-1-2-9(17)6-10/h1-6H,7H2. The molecule has 0 radical (unpaired) electrons. The van der Waals surface area contributed by atoms with E-state index in [1.807, 2.05) is 6.07 Å². The number of ether oxygens (including phenoxy) is 1. The molecule has 0 aliphatic carbocycles.